The summed E-state index contributed by atoms with van der Waals surface area (Å²) in [5.41, 5.74) is -0.302. The molecule has 1 aromatic rings. The maximum Gasteiger partial charge on any atom is 0.417 e. The molecule has 1 unspecified atom stereocenters. The minimum Gasteiger partial charge on any atom is -0.264 e. The second-order valence-corrected chi connectivity index (χ2v) is 4.10. The van der Waals surface area contributed by atoms with E-state index in [0.29, 0.717) is 9.99 Å². The molecule has 0 aliphatic carbocycles. The van der Waals surface area contributed by atoms with E-state index in [0.717, 1.165) is 12.3 Å². The molecule has 1 aromatic heterocycles. The molecule has 0 aliphatic rings. The molecule has 0 spiro atoms. The third kappa shape index (κ3) is 3.33. The third-order valence-electron chi connectivity index (χ3n) is 2.08. The van der Waals surface area contributed by atoms with Crippen LogP contribution < -0.4 is 0 Å². The summed E-state index contributed by atoms with van der Waals surface area (Å²) in [7, 11) is 0. The Kier molecular flexibility index (Phi) is 4.53. The Bertz CT molecular complexity index is 398. The van der Waals surface area contributed by atoms with Crippen LogP contribution >= 0.6 is 22.6 Å². The number of pyridine rings is 1. The van der Waals surface area contributed by atoms with E-state index in [1.165, 1.54) is 6.20 Å². The standard InChI is InChI=1S/C10H8F3IN2/c11-10(12,13)9-3-8(5-16-6-9)7(4-14)1-2-15/h3,5-7H,1,4H2. The van der Waals surface area contributed by atoms with Gasteiger partial charge in [0, 0.05) is 29.2 Å². The van der Waals surface area contributed by atoms with Crippen molar-refractivity contribution in [2.45, 2.75) is 18.5 Å². The van der Waals surface area contributed by atoms with Crippen molar-refractivity contribution < 1.29 is 13.2 Å². The average molecular weight is 340 g/mol. The van der Waals surface area contributed by atoms with Gasteiger partial charge in [-0.05, 0) is 11.6 Å². The Hall–Kier alpha value is -0.840. The summed E-state index contributed by atoms with van der Waals surface area (Å²) in [4.78, 5) is 3.57. The van der Waals surface area contributed by atoms with Crippen LogP contribution in [0.15, 0.2) is 18.5 Å². The highest BCUT2D eigenvalue weighted by Gasteiger charge is 2.31. The largest absolute Gasteiger partial charge is 0.417 e. The van der Waals surface area contributed by atoms with Gasteiger partial charge in [0.15, 0.2) is 0 Å². The molecule has 0 aliphatic heterocycles. The first-order chi connectivity index (χ1) is 7.49. The van der Waals surface area contributed by atoms with Gasteiger partial charge in [-0.25, -0.2) is 0 Å². The Morgan fingerprint density at radius 3 is 2.62 bits per heavy atom. The smallest absolute Gasteiger partial charge is 0.264 e. The second kappa shape index (κ2) is 5.48. The molecule has 16 heavy (non-hydrogen) atoms. The highest BCUT2D eigenvalue weighted by molar-refractivity contribution is 14.1. The Morgan fingerprint density at radius 2 is 2.12 bits per heavy atom. The van der Waals surface area contributed by atoms with E-state index in [2.05, 4.69) is 4.98 Å². The lowest BCUT2D eigenvalue weighted by molar-refractivity contribution is -0.137. The van der Waals surface area contributed by atoms with Crippen LogP contribution in [0.5, 0.6) is 0 Å². The van der Waals surface area contributed by atoms with Crippen LogP contribution in [-0.4, -0.2) is 9.41 Å². The van der Waals surface area contributed by atoms with E-state index >= 15 is 0 Å². The highest BCUT2D eigenvalue weighted by Crippen LogP contribution is 2.31. The maximum absolute atomic E-state index is 12.4. The van der Waals surface area contributed by atoms with E-state index in [9.17, 15) is 13.2 Å². The van der Waals surface area contributed by atoms with Crippen molar-refractivity contribution in [3.8, 4) is 6.07 Å². The predicted octanol–water partition coefficient (Wildman–Crippen LogP) is 3.53. The molecule has 0 saturated carbocycles. The average Bonchev–Trinajstić information content (AvgIpc) is 2.25. The van der Waals surface area contributed by atoms with Crippen LogP contribution in [0.4, 0.5) is 13.2 Å². The monoisotopic (exact) mass is 340 g/mol. The van der Waals surface area contributed by atoms with Gasteiger partial charge in [-0.15, -0.1) is 0 Å². The molecule has 86 valence electrons. The van der Waals surface area contributed by atoms with Crippen LogP contribution in [0.3, 0.4) is 0 Å². The van der Waals surface area contributed by atoms with Crippen molar-refractivity contribution in [1.82, 2.24) is 4.98 Å². The fraction of sp³-hybridized carbons (Fsp3) is 0.400. The normalized spacial score (nSPS) is 13.2. The summed E-state index contributed by atoms with van der Waals surface area (Å²) in [5.74, 6) is -0.194. The zero-order valence-electron chi connectivity index (χ0n) is 8.13. The molecule has 0 amide bonds. The molecule has 2 nitrogen and oxygen atoms in total. The molecule has 0 fully saturated rings. The lowest BCUT2D eigenvalue weighted by atomic mass is 9.99. The molecule has 1 heterocycles. The van der Waals surface area contributed by atoms with Gasteiger partial charge >= 0.3 is 6.18 Å². The molecular weight excluding hydrogens is 332 g/mol. The predicted molar refractivity (Wildman–Crippen MR) is 61.1 cm³/mol. The van der Waals surface area contributed by atoms with Crippen LogP contribution in [0.2, 0.25) is 0 Å². The maximum atomic E-state index is 12.4. The first-order valence-corrected chi connectivity index (χ1v) is 5.96. The van der Waals surface area contributed by atoms with Gasteiger partial charge in [-0.1, -0.05) is 22.6 Å². The fourth-order valence-corrected chi connectivity index (χ4v) is 2.03. The minimum absolute atomic E-state index is 0.194. The highest BCUT2D eigenvalue weighted by atomic mass is 127. The van der Waals surface area contributed by atoms with E-state index in [-0.39, 0.29) is 12.3 Å². The molecule has 0 N–H and O–H groups in total. The Labute approximate surface area is 105 Å². The van der Waals surface area contributed by atoms with E-state index in [1.54, 1.807) is 0 Å². The van der Waals surface area contributed by atoms with Gasteiger partial charge in [0.1, 0.15) is 0 Å². The van der Waals surface area contributed by atoms with Gasteiger partial charge in [0.2, 0.25) is 0 Å². The minimum atomic E-state index is -4.38. The summed E-state index contributed by atoms with van der Waals surface area (Å²) in [6.07, 6.45) is -2.01. The molecule has 1 atom stereocenters. The quantitative estimate of drug-likeness (QED) is 0.624. The lowest BCUT2D eigenvalue weighted by Gasteiger charge is -2.12. The first kappa shape index (κ1) is 13.2. The topological polar surface area (TPSA) is 36.7 Å². The number of nitrogens with zero attached hydrogens (tertiary/aromatic N) is 2. The van der Waals surface area contributed by atoms with Crippen molar-refractivity contribution >= 4 is 22.6 Å². The Morgan fingerprint density at radius 1 is 1.44 bits per heavy atom. The van der Waals surface area contributed by atoms with Gasteiger partial charge < -0.3 is 0 Å². The first-order valence-electron chi connectivity index (χ1n) is 4.44. The molecule has 6 heteroatoms. The zero-order valence-corrected chi connectivity index (χ0v) is 10.3. The molecular formula is C10H8F3IN2. The molecule has 1 rings (SSSR count). The van der Waals surface area contributed by atoms with Gasteiger partial charge in [0.25, 0.3) is 0 Å². The van der Waals surface area contributed by atoms with E-state index < -0.39 is 11.7 Å². The summed E-state index contributed by atoms with van der Waals surface area (Å²) >= 11 is 2.05. The SMILES string of the molecule is N#CCC(CI)c1cncc(C(F)(F)F)c1. The fourth-order valence-electron chi connectivity index (χ4n) is 1.21. The summed E-state index contributed by atoms with van der Waals surface area (Å²) in [6.45, 7) is 0. The number of halogens is 4. The molecule has 0 saturated heterocycles. The number of hydrogen-bond acceptors (Lipinski definition) is 2. The van der Waals surface area contributed by atoms with Crippen molar-refractivity contribution in [2.75, 3.05) is 4.43 Å². The number of alkyl halides is 4. The number of aromatic nitrogens is 1. The van der Waals surface area contributed by atoms with Crippen LogP contribution in [0, 0.1) is 11.3 Å². The van der Waals surface area contributed by atoms with Crippen LogP contribution in [0.1, 0.15) is 23.5 Å². The van der Waals surface area contributed by atoms with Gasteiger partial charge in [-0.3, -0.25) is 4.98 Å². The van der Waals surface area contributed by atoms with Crippen molar-refractivity contribution in [2.24, 2.45) is 0 Å². The molecule has 0 radical (unpaired) electrons. The van der Waals surface area contributed by atoms with Crippen molar-refractivity contribution in [3.63, 3.8) is 0 Å². The van der Waals surface area contributed by atoms with Crippen LogP contribution in [0.25, 0.3) is 0 Å². The Balaban J connectivity index is 3.02. The summed E-state index contributed by atoms with van der Waals surface area (Å²) in [6, 6.07) is 3.02. The van der Waals surface area contributed by atoms with Gasteiger partial charge in [0.05, 0.1) is 11.6 Å². The van der Waals surface area contributed by atoms with Crippen molar-refractivity contribution in [3.05, 3.63) is 29.6 Å². The number of hydrogen-bond donors (Lipinski definition) is 0. The molecule has 0 bridgehead atoms. The number of rotatable bonds is 3. The summed E-state index contributed by atoms with van der Waals surface area (Å²) in [5, 5.41) is 8.56. The third-order valence-corrected chi connectivity index (χ3v) is 3.15. The zero-order chi connectivity index (χ0) is 12.2. The molecule has 0 aromatic carbocycles. The lowest BCUT2D eigenvalue weighted by Crippen LogP contribution is -2.08. The van der Waals surface area contributed by atoms with Crippen molar-refractivity contribution in [1.29, 1.82) is 5.26 Å². The second-order valence-electron chi connectivity index (χ2n) is 3.22. The number of nitriles is 1. The van der Waals surface area contributed by atoms with Crippen LogP contribution in [-0.2, 0) is 6.18 Å². The van der Waals surface area contributed by atoms with E-state index in [1.807, 2.05) is 28.7 Å². The summed E-state index contributed by atoms with van der Waals surface area (Å²) < 4.78 is 37.8. The van der Waals surface area contributed by atoms with Gasteiger partial charge in [-0.2, -0.15) is 18.4 Å². The van der Waals surface area contributed by atoms with E-state index in [4.69, 9.17) is 5.26 Å².